The van der Waals surface area contributed by atoms with Crippen LogP contribution < -0.4 is 5.32 Å². The van der Waals surface area contributed by atoms with Crippen molar-refractivity contribution in [2.45, 2.75) is 13.1 Å². The summed E-state index contributed by atoms with van der Waals surface area (Å²) in [7, 11) is 0. The molecule has 1 N–H and O–H groups in total. The number of pyridine rings is 1. The number of nitrogens with one attached hydrogen (secondary N) is 1. The van der Waals surface area contributed by atoms with Crippen LogP contribution in [0, 0.1) is 6.92 Å². The fraction of sp³-hybridized carbons (Fsp3) is 0.0690. The second-order valence-electron chi connectivity index (χ2n) is 8.54. The first kappa shape index (κ1) is 24.0. The number of aryl methyl sites for hydroxylation is 1. The Kier molecular flexibility index (Phi) is 6.31. The number of alkyl halides is 3. The number of aromatic nitrogens is 3. The highest BCUT2D eigenvalue weighted by molar-refractivity contribution is 6.04. The van der Waals surface area contributed by atoms with E-state index in [1.54, 1.807) is 29.2 Å². The van der Waals surface area contributed by atoms with Gasteiger partial charge in [0.1, 0.15) is 0 Å². The number of anilines is 1. The van der Waals surface area contributed by atoms with Crippen LogP contribution in [0.1, 0.15) is 21.5 Å². The molecule has 3 aromatic carbocycles. The minimum Gasteiger partial charge on any atom is -0.322 e. The second kappa shape index (κ2) is 9.73. The van der Waals surface area contributed by atoms with Gasteiger partial charge in [-0.05, 0) is 54.4 Å². The van der Waals surface area contributed by atoms with Crippen molar-refractivity contribution in [1.82, 2.24) is 14.8 Å². The number of rotatable bonds is 5. The van der Waals surface area contributed by atoms with Gasteiger partial charge in [0, 0.05) is 46.5 Å². The van der Waals surface area contributed by atoms with Crippen molar-refractivity contribution in [2.24, 2.45) is 0 Å². The number of hydrogen-bond acceptors (Lipinski definition) is 3. The lowest BCUT2D eigenvalue weighted by atomic mass is 10.0. The summed E-state index contributed by atoms with van der Waals surface area (Å²) in [5.41, 5.74) is 4.92. The molecular formula is C29H21F3N4O. The number of amides is 1. The molecule has 184 valence electrons. The molecular weight excluding hydrogens is 477 g/mol. The van der Waals surface area contributed by atoms with Crippen LogP contribution in [0.15, 0.2) is 104 Å². The standard InChI is InChI=1S/C29H21F3N4O/c1-19-10-11-26(35-28(37)21-8-5-9-25(13-21)29(30,31)32)14-27(19)36-18-24(17-34-36)23-12-22(15-33-16-23)20-6-3-2-4-7-20/h2-18H,1H3,(H,35,37). The van der Waals surface area contributed by atoms with Crippen LogP contribution in [0.25, 0.3) is 27.9 Å². The number of hydrogen-bond donors (Lipinski definition) is 1. The Morgan fingerprint density at radius 2 is 1.57 bits per heavy atom. The molecule has 2 heterocycles. The zero-order valence-corrected chi connectivity index (χ0v) is 19.7. The molecule has 37 heavy (non-hydrogen) atoms. The summed E-state index contributed by atoms with van der Waals surface area (Å²) < 4.78 is 40.8. The van der Waals surface area contributed by atoms with Gasteiger partial charge in [0.2, 0.25) is 0 Å². The summed E-state index contributed by atoms with van der Waals surface area (Å²) in [5.74, 6) is -0.633. The van der Waals surface area contributed by atoms with Crippen LogP contribution in [0.5, 0.6) is 0 Å². The van der Waals surface area contributed by atoms with Crippen LogP contribution in [-0.4, -0.2) is 20.7 Å². The molecule has 0 saturated carbocycles. The first-order valence-electron chi connectivity index (χ1n) is 11.4. The van der Waals surface area contributed by atoms with E-state index in [4.69, 9.17) is 0 Å². The number of nitrogens with zero attached hydrogens (tertiary/aromatic N) is 3. The Balaban J connectivity index is 1.40. The van der Waals surface area contributed by atoms with E-state index in [2.05, 4.69) is 15.4 Å². The third kappa shape index (κ3) is 5.28. The van der Waals surface area contributed by atoms with Crippen molar-refractivity contribution >= 4 is 11.6 Å². The van der Waals surface area contributed by atoms with Crippen molar-refractivity contribution in [3.8, 4) is 27.9 Å². The van der Waals surface area contributed by atoms with E-state index in [-0.39, 0.29) is 5.56 Å². The van der Waals surface area contributed by atoms with Crippen LogP contribution in [0.3, 0.4) is 0 Å². The average molecular weight is 499 g/mol. The fourth-order valence-electron chi connectivity index (χ4n) is 3.96. The van der Waals surface area contributed by atoms with Crippen molar-refractivity contribution in [3.63, 3.8) is 0 Å². The summed E-state index contributed by atoms with van der Waals surface area (Å²) >= 11 is 0. The van der Waals surface area contributed by atoms with Gasteiger partial charge in [-0.15, -0.1) is 0 Å². The third-order valence-corrected chi connectivity index (χ3v) is 5.93. The normalized spacial score (nSPS) is 11.4. The Morgan fingerprint density at radius 3 is 2.32 bits per heavy atom. The number of carbonyl (C=O) groups is 1. The number of halogens is 3. The first-order valence-corrected chi connectivity index (χ1v) is 11.4. The summed E-state index contributed by atoms with van der Waals surface area (Å²) in [6.45, 7) is 1.91. The molecule has 0 bridgehead atoms. The van der Waals surface area contributed by atoms with Crippen molar-refractivity contribution in [1.29, 1.82) is 0 Å². The second-order valence-corrected chi connectivity index (χ2v) is 8.54. The SMILES string of the molecule is Cc1ccc(NC(=O)c2cccc(C(F)(F)F)c2)cc1-n1cc(-c2cncc(-c3ccccc3)c2)cn1. The third-order valence-electron chi connectivity index (χ3n) is 5.93. The van der Waals surface area contributed by atoms with Gasteiger partial charge in [0.05, 0.1) is 17.4 Å². The lowest BCUT2D eigenvalue weighted by molar-refractivity contribution is -0.137. The topological polar surface area (TPSA) is 59.8 Å². The average Bonchev–Trinajstić information content (AvgIpc) is 3.40. The molecule has 5 nitrogen and oxygen atoms in total. The molecule has 0 aliphatic heterocycles. The molecule has 0 aliphatic carbocycles. The molecule has 5 aromatic rings. The zero-order valence-electron chi connectivity index (χ0n) is 19.7. The molecule has 5 rings (SSSR count). The molecule has 8 heteroatoms. The molecule has 2 aromatic heterocycles. The van der Waals surface area contributed by atoms with E-state index >= 15 is 0 Å². The minimum absolute atomic E-state index is 0.0795. The minimum atomic E-state index is -4.53. The molecule has 0 atom stereocenters. The van der Waals surface area contributed by atoms with Gasteiger partial charge >= 0.3 is 6.18 Å². The van der Waals surface area contributed by atoms with E-state index in [9.17, 15) is 18.0 Å². The number of benzene rings is 3. The maximum absolute atomic E-state index is 13.0. The molecule has 0 spiro atoms. The quantitative estimate of drug-likeness (QED) is 0.279. The van der Waals surface area contributed by atoms with Gasteiger partial charge in [-0.2, -0.15) is 18.3 Å². The van der Waals surface area contributed by atoms with Gasteiger partial charge in [-0.1, -0.05) is 42.5 Å². The van der Waals surface area contributed by atoms with Crippen molar-refractivity contribution in [3.05, 3.63) is 120 Å². The lowest BCUT2D eigenvalue weighted by Crippen LogP contribution is -2.14. The highest BCUT2D eigenvalue weighted by atomic mass is 19.4. The van der Waals surface area contributed by atoms with Crippen LogP contribution in [-0.2, 0) is 6.18 Å². The van der Waals surface area contributed by atoms with Gasteiger partial charge in [0.25, 0.3) is 5.91 Å². The molecule has 0 radical (unpaired) electrons. The van der Waals surface area contributed by atoms with E-state index < -0.39 is 17.6 Å². The van der Waals surface area contributed by atoms with E-state index in [1.165, 1.54) is 12.1 Å². The van der Waals surface area contributed by atoms with E-state index in [0.29, 0.717) is 5.69 Å². The van der Waals surface area contributed by atoms with E-state index in [1.807, 2.05) is 61.8 Å². The summed E-state index contributed by atoms with van der Waals surface area (Å²) in [6, 6.07) is 21.6. The molecule has 0 fully saturated rings. The highest BCUT2D eigenvalue weighted by Gasteiger charge is 2.30. The van der Waals surface area contributed by atoms with Crippen LogP contribution >= 0.6 is 0 Å². The highest BCUT2D eigenvalue weighted by Crippen LogP contribution is 2.30. The summed E-state index contributed by atoms with van der Waals surface area (Å²) in [4.78, 5) is 17.0. The monoisotopic (exact) mass is 498 g/mol. The summed E-state index contributed by atoms with van der Waals surface area (Å²) in [6.07, 6.45) is 2.66. The van der Waals surface area contributed by atoms with Crippen LogP contribution in [0.4, 0.5) is 18.9 Å². The Morgan fingerprint density at radius 1 is 0.811 bits per heavy atom. The fourth-order valence-corrected chi connectivity index (χ4v) is 3.96. The predicted octanol–water partition coefficient (Wildman–Crippen LogP) is 7.18. The van der Waals surface area contributed by atoms with Gasteiger partial charge < -0.3 is 5.32 Å². The molecule has 0 aliphatic rings. The smallest absolute Gasteiger partial charge is 0.322 e. The largest absolute Gasteiger partial charge is 0.416 e. The van der Waals surface area contributed by atoms with E-state index in [0.717, 1.165) is 45.6 Å². The zero-order chi connectivity index (χ0) is 26.0. The van der Waals surface area contributed by atoms with Gasteiger partial charge in [0.15, 0.2) is 0 Å². The van der Waals surface area contributed by atoms with Crippen molar-refractivity contribution in [2.75, 3.05) is 5.32 Å². The van der Waals surface area contributed by atoms with Crippen molar-refractivity contribution < 1.29 is 18.0 Å². The Bertz CT molecular complexity index is 1580. The maximum atomic E-state index is 13.0. The van der Waals surface area contributed by atoms with Gasteiger partial charge in [-0.3, -0.25) is 9.78 Å². The number of carbonyl (C=O) groups excluding carboxylic acids is 1. The maximum Gasteiger partial charge on any atom is 0.416 e. The van der Waals surface area contributed by atoms with Gasteiger partial charge in [-0.25, -0.2) is 4.68 Å². The molecule has 1 amide bonds. The van der Waals surface area contributed by atoms with Crippen LogP contribution in [0.2, 0.25) is 0 Å². The molecule has 0 unspecified atom stereocenters. The Hall–Kier alpha value is -4.72. The summed E-state index contributed by atoms with van der Waals surface area (Å²) in [5, 5.41) is 7.18. The lowest BCUT2D eigenvalue weighted by Gasteiger charge is -2.12. The Labute approximate surface area is 211 Å². The molecule has 0 saturated heterocycles. The first-order chi connectivity index (χ1) is 17.8. The predicted molar refractivity (Wildman–Crippen MR) is 136 cm³/mol.